The molecule has 0 amide bonds. The maximum Gasteiger partial charge on any atom is 0.226 e. The van der Waals surface area contributed by atoms with Crippen LogP contribution in [0.3, 0.4) is 0 Å². The van der Waals surface area contributed by atoms with E-state index in [9.17, 15) is 14.0 Å². The predicted molar refractivity (Wildman–Crippen MR) is 49.5 cm³/mol. The molecule has 4 heteroatoms. The van der Waals surface area contributed by atoms with E-state index >= 15 is 0 Å². The molecule has 1 aromatic carbocycles. The van der Waals surface area contributed by atoms with Crippen LogP contribution in [-0.2, 0) is 4.79 Å². The van der Waals surface area contributed by atoms with Crippen LogP contribution in [0.15, 0.2) is 18.2 Å². The van der Waals surface area contributed by atoms with Gasteiger partial charge in [0.2, 0.25) is 5.78 Å². The Morgan fingerprint density at radius 2 is 2.17 bits per heavy atom. The Morgan fingerprint density at radius 1 is 1.50 bits per heavy atom. The Labute approximate surface area is 81.9 Å². The van der Waals surface area contributed by atoms with E-state index in [1.54, 1.807) is 0 Å². The molecule has 0 unspecified atom stereocenters. The minimum absolute atomic E-state index is 0.116. The van der Waals surface area contributed by atoms with Gasteiger partial charge in [-0.15, -0.1) is 0 Å². The van der Waals surface area contributed by atoms with Gasteiger partial charge >= 0.3 is 0 Å². The second-order valence-electron chi connectivity index (χ2n) is 2.11. The van der Waals surface area contributed by atoms with Crippen molar-refractivity contribution in [1.29, 1.82) is 0 Å². The van der Waals surface area contributed by atoms with Gasteiger partial charge < -0.3 is 0 Å². The molecule has 0 N–H and O–H groups in total. The van der Waals surface area contributed by atoms with Gasteiger partial charge in [0.05, 0.1) is 0 Å². The lowest BCUT2D eigenvalue weighted by Gasteiger charge is -1.97. The van der Waals surface area contributed by atoms with Crippen molar-refractivity contribution in [3.63, 3.8) is 0 Å². The maximum atomic E-state index is 12.6. The summed E-state index contributed by atoms with van der Waals surface area (Å²) in [4.78, 5) is 20.9. The number of hydrogen-bond acceptors (Lipinski definition) is 2. The second kappa shape index (κ2) is 3.75. The van der Waals surface area contributed by atoms with Crippen LogP contribution >= 0.6 is 22.6 Å². The fourth-order valence-corrected chi connectivity index (χ4v) is 1.35. The molecule has 2 nitrogen and oxygen atoms in total. The molecule has 0 aromatic heterocycles. The van der Waals surface area contributed by atoms with Crippen LogP contribution in [0.4, 0.5) is 4.39 Å². The molecule has 1 aromatic rings. The zero-order chi connectivity index (χ0) is 9.14. The van der Waals surface area contributed by atoms with Crippen molar-refractivity contribution in [3.8, 4) is 0 Å². The average Bonchev–Trinajstić information content (AvgIpc) is 2.08. The smallest absolute Gasteiger partial charge is 0.226 e. The average molecular weight is 278 g/mol. The van der Waals surface area contributed by atoms with Gasteiger partial charge in [-0.3, -0.25) is 9.59 Å². The topological polar surface area (TPSA) is 34.1 Å². The summed E-state index contributed by atoms with van der Waals surface area (Å²) in [5.41, 5.74) is 0.116. The van der Waals surface area contributed by atoms with Gasteiger partial charge in [-0.2, -0.15) is 0 Å². The van der Waals surface area contributed by atoms with E-state index in [0.29, 0.717) is 3.57 Å². The van der Waals surface area contributed by atoms with Crippen LogP contribution in [0.1, 0.15) is 10.4 Å². The number of ketones is 1. The van der Waals surface area contributed by atoms with Gasteiger partial charge in [0.15, 0.2) is 6.29 Å². The lowest BCUT2D eigenvalue weighted by atomic mass is 10.1. The Hall–Kier alpha value is -0.780. The molecule has 1 rings (SSSR count). The summed E-state index contributed by atoms with van der Waals surface area (Å²) in [6.07, 6.45) is 0.178. The molecule has 0 heterocycles. The number of rotatable bonds is 2. The van der Waals surface area contributed by atoms with Crippen molar-refractivity contribution in [2.75, 3.05) is 0 Å². The highest BCUT2D eigenvalue weighted by Crippen LogP contribution is 2.13. The largest absolute Gasteiger partial charge is 0.294 e. The molecule has 0 atom stereocenters. The number of carbonyl (C=O) groups is 2. The first kappa shape index (κ1) is 9.31. The molecule has 0 bridgehead atoms. The van der Waals surface area contributed by atoms with Crippen molar-refractivity contribution in [2.45, 2.75) is 0 Å². The fourth-order valence-electron chi connectivity index (χ4n) is 0.750. The fraction of sp³-hybridized carbons (Fsp3) is 0. The van der Waals surface area contributed by atoms with Crippen molar-refractivity contribution in [2.24, 2.45) is 0 Å². The van der Waals surface area contributed by atoms with E-state index in [4.69, 9.17) is 0 Å². The molecular formula is C8H4FIO2. The van der Waals surface area contributed by atoms with Crippen LogP contribution in [0.2, 0.25) is 0 Å². The highest BCUT2D eigenvalue weighted by atomic mass is 127. The van der Waals surface area contributed by atoms with Gasteiger partial charge in [0.1, 0.15) is 5.82 Å². The van der Waals surface area contributed by atoms with Crippen molar-refractivity contribution >= 4 is 34.7 Å². The Morgan fingerprint density at radius 3 is 2.75 bits per heavy atom. The lowest BCUT2D eigenvalue weighted by molar-refractivity contribution is -0.104. The van der Waals surface area contributed by atoms with E-state index in [2.05, 4.69) is 0 Å². The summed E-state index contributed by atoms with van der Waals surface area (Å²) >= 11 is 1.87. The van der Waals surface area contributed by atoms with Crippen LogP contribution in [0.5, 0.6) is 0 Å². The van der Waals surface area contributed by atoms with E-state index in [1.807, 2.05) is 22.6 Å². The number of aldehydes is 1. The first-order valence-electron chi connectivity index (χ1n) is 3.09. The summed E-state index contributed by atoms with van der Waals surface area (Å²) in [6, 6.07) is 3.74. The van der Waals surface area contributed by atoms with Crippen LogP contribution in [-0.4, -0.2) is 12.1 Å². The third-order valence-corrected chi connectivity index (χ3v) is 2.24. The van der Waals surface area contributed by atoms with Crippen LogP contribution in [0.25, 0.3) is 0 Å². The summed E-state index contributed by atoms with van der Waals surface area (Å²) in [5, 5.41) is 0. The minimum Gasteiger partial charge on any atom is -0.294 e. The van der Waals surface area contributed by atoms with Gasteiger partial charge in [0, 0.05) is 9.13 Å². The molecule has 62 valence electrons. The zero-order valence-electron chi connectivity index (χ0n) is 5.88. The van der Waals surface area contributed by atoms with Crippen LogP contribution < -0.4 is 0 Å². The third-order valence-electron chi connectivity index (χ3n) is 1.30. The molecule has 0 radical (unpaired) electrons. The van der Waals surface area contributed by atoms with Crippen LogP contribution in [0, 0.1) is 9.39 Å². The third kappa shape index (κ3) is 1.88. The SMILES string of the molecule is O=CC(=O)c1cc(F)ccc1I. The summed E-state index contributed by atoms with van der Waals surface area (Å²) in [6.45, 7) is 0. The van der Waals surface area contributed by atoms with E-state index in [-0.39, 0.29) is 11.8 Å². The lowest BCUT2D eigenvalue weighted by Crippen LogP contribution is -2.02. The predicted octanol–water partition coefficient (Wildman–Crippen LogP) is 1.81. The molecule has 12 heavy (non-hydrogen) atoms. The Kier molecular flexibility index (Phi) is 2.91. The summed E-state index contributed by atoms with van der Waals surface area (Å²) in [7, 11) is 0. The molecule has 0 aliphatic heterocycles. The normalized spacial score (nSPS) is 9.50. The first-order valence-corrected chi connectivity index (χ1v) is 4.17. The highest BCUT2D eigenvalue weighted by Gasteiger charge is 2.08. The summed E-state index contributed by atoms with van der Waals surface area (Å²) < 4.78 is 13.1. The van der Waals surface area contributed by atoms with Crippen molar-refractivity contribution in [1.82, 2.24) is 0 Å². The molecule has 0 saturated carbocycles. The monoisotopic (exact) mass is 278 g/mol. The Bertz CT molecular complexity index is 336. The Balaban J connectivity index is 3.22. The molecule has 0 saturated heterocycles. The molecular weight excluding hydrogens is 274 g/mol. The number of Topliss-reactive ketones (excluding diaryl/α,β-unsaturated/α-hetero) is 1. The summed E-state index contributed by atoms with van der Waals surface area (Å²) in [5.74, 6) is -1.21. The first-order chi connectivity index (χ1) is 5.65. The maximum absolute atomic E-state index is 12.6. The van der Waals surface area contributed by atoms with E-state index in [1.165, 1.54) is 12.1 Å². The van der Waals surface area contributed by atoms with Gasteiger partial charge in [0.25, 0.3) is 0 Å². The number of carbonyl (C=O) groups excluding carboxylic acids is 2. The van der Waals surface area contributed by atoms with E-state index in [0.717, 1.165) is 6.07 Å². The van der Waals surface area contributed by atoms with Crippen molar-refractivity contribution < 1.29 is 14.0 Å². The zero-order valence-corrected chi connectivity index (χ0v) is 8.04. The molecule has 0 aliphatic carbocycles. The minimum atomic E-state index is -0.695. The van der Waals surface area contributed by atoms with Gasteiger partial charge in [-0.25, -0.2) is 4.39 Å². The molecule has 0 spiro atoms. The van der Waals surface area contributed by atoms with E-state index < -0.39 is 11.6 Å². The number of hydrogen-bond donors (Lipinski definition) is 0. The second-order valence-corrected chi connectivity index (χ2v) is 3.27. The van der Waals surface area contributed by atoms with Gasteiger partial charge in [-0.1, -0.05) is 0 Å². The van der Waals surface area contributed by atoms with Crippen molar-refractivity contribution in [3.05, 3.63) is 33.1 Å². The quantitative estimate of drug-likeness (QED) is 0.358. The molecule has 0 aliphatic rings. The number of benzene rings is 1. The number of halogens is 2. The standard InChI is InChI=1S/C8H4FIO2/c9-5-1-2-7(10)6(3-5)8(12)4-11/h1-4H. The highest BCUT2D eigenvalue weighted by molar-refractivity contribution is 14.1. The molecule has 0 fully saturated rings. The van der Waals surface area contributed by atoms with Gasteiger partial charge in [-0.05, 0) is 40.8 Å².